The Labute approximate surface area is 197 Å². The molecule has 2 bridgehead atoms. The average Bonchev–Trinajstić information content (AvgIpc) is 2.90. The van der Waals surface area contributed by atoms with Gasteiger partial charge in [0, 0.05) is 0 Å². The van der Waals surface area contributed by atoms with E-state index >= 15 is 0 Å². The van der Waals surface area contributed by atoms with E-state index in [0.29, 0.717) is 17.8 Å². The molecule has 5 rings (SSSR count). The van der Waals surface area contributed by atoms with Crippen molar-refractivity contribution in [3.8, 4) is 0 Å². The van der Waals surface area contributed by atoms with Crippen molar-refractivity contribution in [3.63, 3.8) is 0 Å². The van der Waals surface area contributed by atoms with Crippen LogP contribution in [0.15, 0.2) is 0 Å². The lowest BCUT2D eigenvalue weighted by molar-refractivity contribution is -0.322. The Hall–Kier alpha value is -0.280. The maximum Gasteiger partial charge on any atom is 0.186 e. The van der Waals surface area contributed by atoms with Crippen molar-refractivity contribution < 1.29 is 35.0 Å². The van der Waals surface area contributed by atoms with E-state index in [9.17, 15) is 25.5 Å². The number of fused-ring (bicyclic) bond motifs is 3. The second-order valence-corrected chi connectivity index (χ2v) is 13.4. The summed E-state index contributed by atoms with van der Waals surface area (Å²) in [6, 6.07) is 0. The monoisotopic (exact) mass is 468 g/mol. The molecule has 0 radical (unpaired) electrons. The minimum atomic E-state index is -1.42. The molecule has 1 spiro atoms. The van der Waals surface area contributed by atoms with Crippen LogP contribution in [0.1, 0.15) is 79.1 Å². The van der Waals surface area contributed by atoms with Gasteiger partial charge in [-0.2, -0.15) is 0 Å². The Morgan fingerprint density at radius 2 is 1.61 bits per heavy atom. The van der Waals surface area contributed by atoms with Crippen molar-refractivity contribution in [1.82, 2.24) is 0 Å². The first-order chi connectivity index (χ1) is 15.3. The van der Waals surface area contributed by atoms with Gasteiger partial charge in [0.15, 0.2) is 6.29 Å². The molecule has 33 heavy (non-hydrogen) atoms. The molecule has 1 saturated heterocycles. The molecule has 4 aliphatic carbocycles. The molecule has 5 fully saturated rings. The van der Waals surface area contributed by atoms with E-state index in [1.165, 1.54) is 12.8 Å². The van der Waals surface area contributed by atoms with Crippen LogP contribution in [0.25, 0.3) is 0 Å². The molecular weight excluding hydrogens is 424 g/mol. The van der Waals surface area contributed by atoms with Crippen LogP contribution in [0, 0.1) is 34.0 Å². The van der Waals surface area contributed by atoms with Crippen LogP contribution in [-0.2, 0) is 9.47 Å². The quantitative estimate of drug-likeness (QED) is 0.402. The molecule has 0 amide bonds. The van der Waals surface area contributed by atoms with E-state index in [1.807, 2.05) is 6.92 Å². The number of hydrogen-bond acceptors (Lipinski definition) is 7. The van der Waals surface area contributed by atoms with E-state index in [0.717, 1.165) is 38.5 Å². The zero-order chi connectivity index (χ0) is 24.0. The van der Waals surface area contributed by atoms with Crippen LogP contribution in [-0.4, -0.2) is 74.6 Å². The van der Waals surface area contributed by atoms with E-state index in [1.54, 1.807) is 0 Å². The number of hydrogen-bond donors (Lipinski definition) is 5. The summed E-state index contributed by atoms with van der Waals surface area (Å²) in [5, 5.41) is 51.6. The van der Waals surface area contributed by atoms with Crippen LogP contribution in [0.4, 0.5) is 0 Å². The summed E-state index contributed by atoms with van der Waals surface area (Å²) in [6.07, 6.45) is 1.97. The van der Waals surface area contributed by atoms with Gasteiger partial charge in [-0.3, -0.25) is 0 Å². The Bertz CT molecular complexity index is 753. The highest BCUT2D eigenvalue weighted by Gasteiger charge is 2.67. The van der Waals surface area contributed by atoms with E-state index in [4.69, 9.17) is 9.47 Å². The summed E-state index contributed by atoms with van der Waals surface area (Å²) in [5.41, 5.74) is -0.247. The van der Waals surface area contributed by atoms with Gasteiger partial charge in [-0.15, -0.1) is 0 Å². The summed E-state index contributed by atoms with van der Waals surface area (Å²) in [5.74, 6) is 1.51. The summed E-state index contributed by atoms with van der Waals surface area (Å²) in [6.45, 7) is 8.67. The highest BCUT2D eigenvalue weighted by molar-refractivity contribution is 5.16. The second-order valence-electron chi connectivity index (χ2n) is 13.4. The Morgan fingerprint density at radius 1 is 0.879 bits per heavy atom. The molecule has 5 N–H and O–H groups in total. The number of rotatable bonds is 3. The SMILES string of the molecule is CC1(C)CC(O[C@@H]2O[C@H](CO)[C@@H](O)[C@@H](O)[C@H]2O)C[C@@]2(C)[C@H]1CC[C@]13C[C@@H](CC[C@@H]12)[C@@](C)(O)C3. The summed E-state index contributed by atoms with van der Waals surface area (Å²) < 4.78 is 12.0. The summed E-state index contributed by atoms with van der Waals surface area (Å²) in [7, 11) is 0. The van der Waals surface area contributed by atoms with Crippen molar-refractivity contribution in [2.24, 2.45) is 34.0 Å². The van der Waals surface area contributed by atoms with Gasteiger partial charge in [-0.1, -0.05) is 20.8 Å². The van der Waals surface area contributed by atoms with Gasteiger partial charge in [-0.25, -0.2) is 0 Å². The zero-order valence-electron chi connectivity index (χ0n) is 20.6. The van der Waals surface area contributed by atoms with Crippen LogP contribution >= 0.6 is 0 Å². The summed E-state index contributed by atoms with van der Waals surface area (Å²) >= 11 is 0. The van der Waals surface area contributed by atoms with Gasteiger partial charge in [0.05, 0.1) is 18.3 Å². The zero-order valence-corrected chi connectivity index (χ0v) is 20.6. The lowest BCUT2D eigenvalue weighted by Crippen LogP contribution is -2.62. The molecule has 0 aromatic carbocycles. The molecule has 4 saturated carbocycles. The minimum Gasteiger partial charge on any atom is -0.394 e. The topological polar surface area (TPSA) is 120 Å². The van der Waals surface area contributed by atoms with Gasteiger partial charge in [0.1, 0.15) is 24.4 Å². The smallest absolute Gasteiger partial charge is 0.186 e. The molecule has 0 aromatic heterocycles. The minimum absolute atomic E-state index is 0.0470. The van der Waals surface area contributed by atoms with Crippen molar-refractivity contribution in [3.05, 3.63) is 0 Å². The second kappa shape index (κ2) is 7.86. The molecule has 0 aromatic rings. The van der Waals surface area contributed by atoms with Crippen LogP contribution in [0.2, 0.25) is 0 Å². The lowest BCUT2D eigenvalue weighted by Gasteiger charge is -2.65. The number of ether oxygens (including phenoxy) is 2. The van der Waals surface area contributed by atoms with E-state index in [2.05, 4.69) is 20.8 Å². The predicted molar refractivity (Wildman–Crippen MR) is 121 cm³/mol. The molecular formula is C26H44O7. The molecule has 5 aliphatic rings. The fourth-order valence-corrected chi connectivity index (χ4v) is 9.72. The highest BCUT2D eigenvalue weighted by atomic mass is 16.7. The van der Waals surface area contributed by atoms with Crippen LogP contribution in [0.5, 0.6) is 0 Å². The highest BCUT2D eigenvalue weighted by Crippen LogP contribution is 2.73. The predicted octanol–water partition coefficient (Wildman–Crippen LogP) is 1.97. The Balaban J connectivity index is 1.40. The van der Waals surface area contributed by atoms with Gasteiger partial charge >= 0.3 is 0 Å². The fraction of sp³-hybridized carbons (Fsp3) is 1.00. The van der Waals surface area contributed by atoms with Crippen molar-refractivity contribution >= 4 is 0 Å². The number of aliphatic hydroxyl groups is 5. The third kappa shape index (κ3) is 3.64. The molecule has 1 heterocycles. The molecule has 1 aliphatic heterocycles. The van der Waals surface area contributed by atoms with Gasteiger partial charge in [-0.05, 0) is 92.3 Å². The van der Waals surface area contributed by atoms with E-state index in [-0.39, 0.29) is 22.3 Å². The van der Waals surface area contributed by atoms with Crippen molar-refractivity contribution in [2.45, 2.75) is 121 Å². The normalized spacial score (nSPS) is 57.9. The van der Waals surface area contributed by atoms with Gasteiger partial charge in [0.2, 0.25) is 0 Å². The Morgan fingerprint density at radius 3 is 2.30 bits per heavy atom. The maximum atomic E-state index is 11.1. The average molecular weight is 469 g/mol. The maximum absolute atomic E-state index is 11.1. The standard InChI is InChI=1S/C26H44O7/c1-23(2)10-15(32-22-21(30)20(29)19(28)16(12-27)33-22)11-24(3)17(23)7-8-26-9-14(5-6-18(24)26)25(4,31)13-26/h14-22,27-31H,5-13H2,1-4H3/t14-,15?,16-,17+,18-,19-,20-,21-,22-,24+,25+,26-/m1/s1. The largest absolute Gasteiger partial charge is 0.394 e. The fourth-order valence-electron chi connectivity index (χ4n) is 9.72. The first-order valence-corrected chi connectivity index (χ1v) is 13.0. The van der Waals surface area contributed by atoms with Crippen LogP contribution < -0.4 is 0 Å². The van der Waals surface area contributed by atoms with Crippen molar-refractivity contribution in [1.29, 1.82) is 0 Å². The molecule has 12 atom stereocenters. The Kier molecular flexibility index (Phi) is 5.81. The number of aliphatic hydroxyl groups excluding tert-OH is 4. The van der Waals surface area contributed by atoms with Gasteiger partial charge in [0.25, 0.3) is 0 Å². The molecule has 1 unspecified atom stereocenters. The first kappa shape index (κ1) is 24.4. The third-order valence-electron chi connectivity index (χ3n) is 10.8. The van der Waals surface area contributed by atoms with Gasteiger partial charge < -0.3 is 35.0 Å². The van der Waals surface area contributed by atoms with E-state index < -0.39 is 42.9 Å². The lowest BCUT2D eigenvalue weighted by atomic mass is 9.41. The molecule has 7 nitrogen and oxygen atoms in total. The first-order valence-electron chi connectivity index (χ1n) is 13.0. The van der Waals surface area contributed by atoms with Crippen LogP contribution in [0.3, 0.4) is 0 Å². The third-order valence-corrected chi connectivity index (χ3v) is 10.8. The molecule has 190 valence electrons. The van der Waals surface area contributed by atoms with Crippen molar-refractivity contribution in [2.75, 3.05) is 6.61 Å². The summed E-state index contributed by atoms with van der Waals surface area (Å²) in [4.78, 5) is 0. The molecule has 7 heteroatoms.